The minimum Gasteiger partial charge on any atom is -0.271 e. The third-order valence-electron chi connectivity index (χ3n) is 4.82. The van der Waals surface area contributed by atoms with E-state index >= 15 is 0 Å². The van der Waals surface area contributed by atoms with Gasteiger partial charge in [0.2, 0.25) is 0 Å². The van der Waals surface area contributed by atoms with E-state index in [1.54, 1.807) is 0 Å². The summed E-state index contributed by atoms with van der Waals surface area (Å²) >= 11 is 0. The van der Waals surface area contributed by atoms with Crippen molar-refractivity contribution in [1.82, 2.24) is 15.2 Å². The summed E-state index contributed by atoms with van der Waals surface area (Å²) in [5, 5.41) is 4.21. The average molecular weight is 222 g/mol. The fourth-order valence-electron chi connectivity index (χ4n) is 3.12. The summed E-state index contributed by atoms with van der Waals surface area (Å²) < 4.78 is 1.90. The number of nitrogens with one attached hydrogen (secondary N) is 1. The van der Waals surface area contributed by atoms with E-state index in [9.17, 15) is 0 Å². The van der Waals surface area contributed by atoms with Gasteiger partial charge in [-0.3, -0.25) is 16.0 Å². The second kappa shape index (κ2) is 3.31. The lowest BCUT2D eigenvalue weighted by atomic mass is 10.0. The van der Waals surface area contributed by atoms with Crippen LogP contribution in [0.2, 0.25) is 0 Å². The zero-order valence-electron chi connectivity index (χ0n) is 10.8. The van der Waals surface area contributed by atoms with E-state index in [2.05, 4.69) is 38.2 Å². The highest BCUT2D eigenvalue weighted by Gasteiger charge is 2.67. The molecule has 1 saturated carbocycles. The van der Waals surface area contributed by atoms with Crippen molar-refractivity contribution in [2.24, 2.45) is 29.6 Å². The van der Waals surface area contributed by atoms with Crippen molar-refractivity contribution in [1.29, 1.82) is 0 Å². The fourth-order valence-corrected chi connectivity index (χ4v) is 3.12. The summed E-state index contributed by atoms with van der Waals surface area (Å²) in [6.45, 7) is 9.22. The van der Waals surface area contributed by atoms with Gasteiger partial charge in [0.1, 0.15) is 0 Å². The molecule has 0 aromatic carbocycles. The van der Waals surface area contributed by atoms with Gasteiger partial charge in [-0.1, -0.05) is 27.7 Å². The maximum absolute atomic E-state index is 5.72. The molecule has 0 spiro atoms. The van der Waals surface area contributed by atoms with Crippen LogP contribution in [0.4, 0.5) is 0 Å². The van der Waals surface area contributed by atoms with Crippen LogP contribution in [0, 0.1) is 16.7 Å². The summed E-state index contributed by atoms with van der Waals surface area (Å²) in [5.74, 6) is 6.27. The van der Waals surface area contributed by atoms with Crippen molar-refractivity contribution in [2.45, 2.75) is 33.7 Å². The molecule has 1 aromatic heterocycles. The lowest BCUT2D eigenvalue weighted by Crippen LogP contribution is -2.32. The number of nitrogens with zero attached hydrogens (tertiary/aromatic N) is 2. The van der Waals surface area contributed by atoms with Crippen LogP contribution in [-0.4, -0.2) is 9.78 Å². The third-order valence-corrected chi connectivity index (χ3v) is 4.82. The van der Waals surface area contributed by atoms with Gasteiger partial charge in [-0.25, -0.2) is 0 Å². The Balaban J connectivity index is 2.31. The van der Waals surface area contributed by atoms with Gasteiger partial charge < -0.3 is 0 Å². The molecule has 0 radical (unpaired) electrons. The Labute approximate surface area is 97.2 Å². The minimum atomic E-state index is 0.178. The zero-order chi connectivity index (χ0) is 12.1. The predicted octanol–water partition coefficient (Wildman–Crippen LogP) is 1.61. The molecule has 2 rings (SSSR count). The Bertz CT molecular complexity index is 377. The van der Waals surface area contributed by atoms with E-state index in [1.165, 1.54) is 0 Å². The van der Waals surface area contributed by atoms with Gasteiger partial charge in [0.25, 0.3) is 0 Å². The molecule has 1 atom stereocenters. The van der Waals surface area contributed by atoms with Gasteiger partial charge in [-0.15, -0.1) is 0 Å². The van der Waals surface area contributed by atoms with E-state index in [4.69, 9.17) is 5.84 Å². The first-order valence-corrected chi connectivity index (χ1v) is 5.78. The molecule has 1 unspecified atom stereocenters. The summed E-state index contributed by atoms with van der Waals surface area (Å²) in [6, 6.07) is 2.21. The van der Waals surface area contributed by atoms with Crippen LogP contribution < -0.4 is 11.3 Å². The van der Waals surface area contributed by atoms with Crippen molar-refractivity contribution in [3.63, 3.8) is 0 Å². The van der Waals surface area contributed by atoms with Crippen LogP contribution in [-0.2, 0) is 7.05 Å². The summed E-state index contributed by atoms with van der Waals surface area (Å²) in [6.07, 6.45) is 1.82. The van der Waals surface area contributed by atoms with Crippen molar-refractivity contribution in [3.8, 4) is 0 Å². The highest BCUT2D eigenvalue weighted by molar-refractivity contribution is 5.22. The molecule has 1 aliphatic carbocycles. The second-order valence-electron chi connectivity index (χ2n) is 5.95. The van der Waals surface area contributed by atoms with Crippen molar-refractivity contribution >= 4 is 0 Å². The van der Waals surface area contributed by atoms with Crippen molar-refractivity contribution < 1.29 is 0 Å². The average Bonchev–Trinajstić information content (AvgIpc) is 2.54. The lowest BCUT2D eigenvalue weighted by molar-refractivity contribution is 0.395. The quantitative estimate of drug-likeness (QED) is 0.603. The van der Waals surface area contributed by atoms with Gasteiger partial charge in [-0.2, -0.15) is 5.10 Å². The predicted molar refractivity (Wildman–Crippen MR) is 64.3 cm³/mol. The van der Waals surface area contributed by atoms with Crippen LogP contribution in [0.15, 0.2) is 12.3 Å². The molecule has 1 aromatic rings. The monoisotopic (exact) mass is 222 g/mol. The minimum absolute atomic E-state index is 0.178. The first-order valence-electron chi connectivity index (χ1n) is 5.78. The number of rotatable bonds is 3. The summed E-state index contributed by atoms with van der Waals surface area (Å²) in [4.78, 5) is 0. The Kier molecular flexibility index (Phi) is 2.40. The number of aryl methyl sites for hydroxylation is 1. The van der Waals surface area contributed by atoms with E-state index in [1.807, 2.05) is 24.0 Å². The van der Waals surface area contributed by atoms with E-state index in [-0.39, 0.29) is 6.04 Å². The molecular formula is C12H22N4. The molecule has 1 aliphatic rings. The van der Waals surface area contributed by atoms with Crippen molar-refractivity contribution in [3.05, 3.63) is 18.0 Å². The van der Waals surface area contributed by atoms with Gasteiger partial charge in [-0.05, 0) is 22.8 Å². The Morgan fingerprint density at radius 3 is 2.25 bits per heavy atom. The highest BCUT2D eigenvalue weighted by Crippen LogP contribution is 2.72. The molecular weight excluding hydrogens is 200 g/mol. The maximum Gasteiger partial charge on any atom is 0.0667 e. The Hall–Kier alpha value is -0.870. The van der Waals surface area contributed by atoms with E-state index in [0.29, 0.717) is 16.7 Å². The van der Waals surface area contributed by atoms with Crippen LogP contribution in [0.1, 0.15) is 39.4 Å². The first kappa shape index (κ1) is 11.6. The number of hydrogen-bond donors (Lipinski definition) is 2. The molecule has 3 N–H and O–H groups in total. The molecule has 16 heavy (non-hydrogen) atoms. The molecule has 0 amide bonds. The van der Waals surface area contributed by atoms with Crippen molar-refractivity contribution in [2.75, 3.05) is 0 Å². The Morgan fingerprint density at radius 2 is 1.94 bits per heavy atom. The smallest absolute Gasteiger partial charge is 0.0667 e. The van der Waals surface area contributed by atoms with E-state index in [0.717, 1.165) is 5.69 Å². The van der Waals surface area contributed by atoms with Crippen LogP contribution in [0.5, 0.6) is 0 Å². The first-order chi connectivity index (χ1) is 7.34. The Morgan fingerprint density at radius 1 is 1.38 bits per heavy atom. The SMILES string of the molecule is Cn1nccc1C(NN)C1C(C)(C)C1(C)C. The van der Waals surface area contributed by atoms with Crippen LogP contribution in [0.25, 0.3) is 0 Å². The molecule has 0 aliphatic heterocycles. The molecule has 4 heteroatoms. The summed E-state index contributed by atoms with van der Waals surface area (Å²) in [5.41, 5.74) is 4.74. The normalized spacial score (nSPS) is 24.4. The molecule has 1 fully saturated rings. The standard InChI is InChI=1S/C12H22N4/c1-11(2)10(12(11,3)4)9(15-13)8-6-7-14-16(8)5/h6-7,9-10,15H,13H2,1-5H3. The van der Waals surface area contributed by atoms with Crippen LogP contribution >= 0.6 is 0 Å². The molecule has 0 saturated heterocycles. The zero-order valence-corrected chi connectivity index (χ0v) is 10.8. The maximum atomic E-state index is 5.72. The molecule has 90 valence electrons. The number of hydrogen-bond acceptors (Lipinski definition) is 3. The lowest BCUT2D eigenvalue weighted by Gasteiger charge is -2.18. The van der Waals surface area contributed by atoms with Gasteiger partial charge >= 0.3 is 0 Å². The third kappa shape index (κ3) is 1.33. The van der Waals surface area contributed by atoms with Gasteiger partial charge in [0.05, 0.1) is 11.7 Å². The largest absolute Gasteiger partial charge is 0.271 e. The topological polar surface area (TPSA) is 55.9 Å². The summed E-state index contributed by atoms with van der Waals surface area (Å²) in [7, 11) is 1.96. The van der Waals surface area contributed by atoms with Gasteiger partial charge in [0, 0.05) is 13.2 Å². The number of aromatic nitrogens is 2. The van der Waals surface area contributed by atoms with Gasteiger partial charge in [0.15, 0.2) is 0 Å². The van der Waals surface area contributed by atoms with Crippen LogP contribution in [0.3, 0.4) is 0 Å². The second-order valence-corrected chi connectivity index (χ2v) is 5.95. The molecule has 0 bridgehead atoms. The number of nitrogens with two attached hydrogens (primary N) is 1. The molecule has 4 nitrogen and oxygen atoms in total. The number of hydrazine groups is 1. The van der Waals surface area contributed by atoms with E-state index < -0.39 is 0 Å². The molecule has 1 heterocycles. The highest BCUT2D eigenvalue weighted by atomic mass is 15.3. The fraction of sp³-hybridized carbons (Fsp3) is 0.750.